The highest BCUT2D eigenvalue weighted by Gasteiger charge is 2.14. The van der Waals surface area contributed by atoms with Crippen LogP contribution < -0.4 is 14.8 Å². The van der Waals surface area contributed by atoms with Gasteiger partial charge in [-0.05, 0) is 41.8 Å². The fourth-order valence-electron chi connectivity index (χ4n) is 2.68. The van der Waals surface area contributed by atoms with Crippen LogP contribution in [0.25, 0.3) is 0 Å². The fraction of sp³-hybridized carbons (Fsp3) is 0.200. The molecule has 1 aromatic heterocycles. The number of hydrogen-bond acceptors (Lipinski definition) is 8. The first-order valence-electron chi connectivity index (χ1n) is 8.83. The van der Waals surface area contributed by atoms with Crippen molar-refractivity contribution in [3.8, 4) is 17.6 Å². The summed E-state index contributed by atoms with van der Waals surface area (Å²) in [5.41, 5.74) is 2.75. The molecule has 3 aromatic rings. The van der Waals surface area contributed by atoms with Crippen LogP contribution in [-0.2, 0) is 17.0 Å². The average molecular weight is 425 g/mol. The lowest BCUT2D eigenvalue weighted by Crippen LogP contribution is -2.12. The molecule has 0 fully saturated rings. The van der Waals surface area contributed by atoms with Crippen LogP contribution in [-0.4, -0.2) is 22.9 Å². The fourth-order valence-corrected chi connectivity index (χ4v) is 4.40. The number of carbonyl (C=O) groups is 1. The zero-order valence-electron chi connectivity index (χ0n) is 15.3. The monoisotopic (exact) mass is 424 g/mol. The number of hydrogen-bond donors (Lipinski definition) is 1. The van der Waals surface area contributed by atoms with E-state index in [2.05, 4.69) is 21.6 Å². The number of nitrogens with one attached hydrogen (secondary N) is 1. The minimum atomic E-state index is -0.109. The molecule has 0 saturated carbocycles. The van der Waals surface area contributed by atoms with Crippen molar-refractivity contribution in [3.63, 3.8) is 0 Å². The van der Waals surface area contributed by atoms with Gasteiger partial charge < -0.3 is 14.8 Å². The average Bonchev–Trinajstić information content (AvgIpc) is 3.40. The molecule has 9 heteroatoms. The van der Waals surface area contributed by atoms with E-state index in [1.54, 1.807) is 23.9 Å². The SMILES string of the molecule is N#Cc1ccc(CSc2nnc(NC(=O)CCc3ccc4c(c3)OCO4)s2)cc1. The number of aryl methyl sites for hydroxylation is 1. The number of ether oxygens (including phenoxy) is 2. The zero-order valence-corrected chi connectivity index (χ0v) is 16.9. The molecule has 0 spiro atoms. The number of rotatable bonds is 7. The topological polar surface area (TPSA) is 97.1 Å². The summed E-state index contributed by atoms with van der Waals surface area (Å²) < 4.78 is 11.4. The van der Waals surface area contributed by atoms with Crippen molar-refractivity contribution in [3.05, 3.63) is 59.2 Å². The van der Waals surface area contributed by atoms with Crippen LogP contribution in [0.2, 0.25) is 0 Å². The molecule has 0 radical (unpaired) electrons. The number of aromatic nitrogens is 2. The van der Waals surface area contributed by atoms with Gasteiger partial charge in [-0.15, -0.1) is 10.2 Å². The summed E-state index contributed by atoms with van der Waals surface area (Å²) in [6.07, 6.45) is 0.939. The largest absolute Gasteiger partial charge is 0.454 e. The molecule has 1 aliphatic rings. The first kappa shape index (κ1) is 19.2. The van der Waals surface area contributed by atoms with E-state index < -0.39 is 0 Å². The highest BCUT2D eigenvalue weighted by Crippen LogP contribution is 2.33. The van der Waals surface area contributed by atoms with Crippen molar-refractivity contribution in [2.75, 3.05) is 12.1 Å². The Labute approximate surface area is 175 Å². The highest BCUT2D eigenvalue weighted by molar-refractivity contribution is 8.00. The summed E-state index contributed by atoms with van der Waals surface area (Å²) in [5.74, 6) is 2.06. The van der Waals surface area contributed by atoms with E-state index in [1.165, 1.54) is 11.3 Å². The van der Waals surface area contributed by atoms with Gasteiger partial charge in [-0.3, -0.25) is 4.79 Å². The minimum absolute atomic E-state index is 0.109. The molecule has 0 saturated heterocycles. The van der Waals surface area contributed by atoms with Crippen molar-refractivity contribution in [2.24, 2.45) is 0 Å². The van der Waals surface area contributed by atoms with E-state index in [-0.39, 0.29) is 12.7 Å². The van der Waals surface area contributed by atoms with Crippen LogP contribution in [0.15, 0.2) is 46.8 Å². The van der Waals surface area contributed by atoms with Crippen LogP contribution in [0.3, 0.4) is 0 Å². The second-order valence-electron chi connectivity index (χ2n) is 6.21. The number of amides is 1. The van der Waals surface area contributed by atoms with Gasteiger partial charge in [0.1, 0.15) is 0 Å². The summed E-state index contributed by atoms with van der Waals surface area (Å²) >= 11 is 2.89. The van der Waals surface area contributed by atoms with Crippen molar-refractivity contribution < 1.29 is 14.3 Å². The van der Waals surface area contributed by atoms with Gasteiger partial charge in [0.15, 0.2) is 15.8 Å². The van der Waals surface area contributed by atoms with Gasteiger partial charge >= 0.3 is 0 Å². The molecule has 0 bridgehead atoms. The Morgan fingerprint density at radius 3 is 2.76 bits per heavy atom. The summed E-state index contributed by atoms with van der Waals surface area (Å²) in [6, 6.07) is 15.2. The lowest BCUT2D eigenvalue weighted by Gasteiger charge is -2.03. The third kappa shape index (κ3) is 5.04. The van der Waals surface area contributed by atoms with Gasteiger partial charge in [0, 0.05) is 12.2 Å². The maximum Gasteiger partial charge on any atom is 0.231 e. The number of carbonyl (C=O) groups excluding carboxylic acids is 1. The predicted molar refractivity (Wildman–Crippen MR) is 110 cm³/mol. The van der Waals surface area contributed by atoms with Gasteiger partial charge in [0.2, 0.25) is 17.8 Å². The van der Waals surface area contributed by atoms with Gasteiger partial charge in [0.05, 0.1) is 11.6 Å². The maximum atomic E-state index is 12.2. The quantitative estimate of drug-likeness (QED) is 0.452. The maximum absolute atomic E-state index is 12.2. The number of nitriles is 1. The Morgan fingerprint density at radius 1 is 1.14 bits per heavy atom. The number of nitrogens with zero attached hydrogens (tertiary/aromatic N) is 3. The molecular formula is C20H16N4O3S2. The Kier molecular flexibility index (Phi) is 5.93. The highest BCUT2D eigenvalue weighted by atomic mass is 32.2. The third-order valence-corrected chi connectivity index (χ3v) is 6.22. The molecule has 0 unspecified atom stereocenters. The number of fused-ring (bicyclic) bond motifs is 1. The summed E-state index contributed by atoms with van der Waals surface area (Å²) in [6.45, 7) is 0.238. The Balaban J connectivity index is 1.25. The molecule has 4 rings (SSSR count). The second kappa shape index (κ2) is 8.94. The van der Waals surface area contributed by atoms with E-state index in [9.17, 15) is 4.79 Å². The molecule has 1 N–H and O–H groups in total. The molecule has 29 heavy (non-hydrogen) atoms. The van der Waals surface area contributed by atoms with Crippen LogP contribution in [0.5, 0.6) is 11.5 Å². The predicted octanol–water partition coefficient (Wildman–Crippen LogP) is 4.00. The molecule has 0 aliphatic carbocycles. The van der Waals surface area contributed by atoms with E-state index in [4.69, 9.17) is 14.7 Å². The second-order valence-corrected chi connectivity index (χ2v) is 8.41. The number of benzene rings is 2. The van der Waals surface area contributed by atoms with Crippen molar-refractivity contribution in [1.82, 2.24) is 10.2 Å². The first-order chi connectivity index (χ1) is 14.2. The van der Waals surface area contributed by atoms with Gasteiger partial charge in [-0.1, -0.05) is 41.3 Å². The standard InChI is InChI=1S/C20H16N4O3S2/c21-10-14-1-3-15(4-2-14)11-28-20-24-23-19(29-20)22-18(25)8-6-13-5-7-16-17(9-13)27-12-26-16/h1-5,7,9H,6,8,11-12H2,(H,22,23,25). The van der Waals surface area contributed by atoms with Crippen molar-refractivity contribution in [2.45, 2.75) is 22.9 Å². The molecule has 1 amide bonds. The van der Waals surface area contributed by atoms with E-state index >= 15 is 0 Å². The molecule has 1 aliphatic heterocycles. The third-order valence-electron chi connectivity index (χ3n) is 4.18. The Morgan fingerprint density at radius 2 is 1.93 bits per heavy atom. The molecule has 2 heterocycles. The molecule has 2 aromatic carbocycles. The molecule has 0 atom stereocenters. The first-order valence-corrected chi connectivity index (χ1v) is 10.6. The van der Waals surface area contributed by atoms with Crippen LogP contribution in [0.1, 0.15) is 23.1 Å². The number of thioether (sulfide) groups is 1. The van der Waals surface area contributed by atoms with Gasteiger partial charge in [0.25, 0.3) is 0 Å². The Hall–Kier alpha value is -3.09. The van der Waals surface area contributed by atoms with Crippen LogP contribution >= 0.6 is 23.1 Å². The lowest BCUT2D eigenvalue weighted by atomic mass is 10.1. The molecule has 146 valence electrons. The molecule has 7 nitrogen and oxygen atoms in total. The molecular weight excluding hydrogens is 408 g/mol. The van der Waals surface area contributed by atoms with E-state index in [0.717, 1.165) is 32.7 Å². The number of anilines is 1. The van der Waals surface area contributed by atoms with Gasteiger partial charge in [-0.25, -0.2) is 0 Å². The Bertz CT molecular complexity index is 1060. The van der Waals surface area contributed by atoms with Crippen LogP contribution in [0, 0.1) is 11.3 Å². The zero-order chi connectivity index (χ0) is 20.1. The van der Waals surface area contributed by atoms with Crippen molar-refractivity contribution in [1.29, 1.82) is 5.26 Å². The summed E-state index contributed by atoms with van der Waals surface area (Å²) in [7, 11) is 0. The normalized spacial score (nSPS) is 11.8. The summed E-state index contributed by atoms with van der Waals surface area (Å²) in [4.78, 5) is 12.2. The minimum Gasteiger partial charge on any atom is -0.454 e. The van der Waals surface area contributed by atoms with Crippen LogP contribution in [0.4, 0.5) is 5.13 Å². The van der Waals surface area contributed by atoms with Crippen molar-refractivity contribution >= 4 is 34.1 Å². The smallest absolute Gasteiger partial charge is 0.231 e. The van der Waals surface area contributed by atoms with Gasteiger partial charge in [-0.2, -0.15) is 5.26 Å². The lowest BCUT2D eigenvalue weighted by molar-refractivity contribution is -0.116. The van der Waals surface area contributed by atoms with E-state index in [1.807, 2.05) is 30.3 Å². The van der Waals surface area contributed by atoms with E-state index in [0.29, 0.717) is 23.5 Å². The summed E-state index contributed by atoms with van der Waals surface area (Å²) in [5, 5.41) is 20.3.